The normalized spacial score (nSPS) is 10.7. The molecule has 0 rings (SSSR count). The van der Waals surface area contributed by atoms with Gasteiger partial charge in [-0.05, 0) is 19.3 Å². The third-order valence-corrected chi connectivity index (χ3v) is 11.9. The van der Waals surface area contributed by atoms with Gasteiger partial charge in [0.2, 0.25) is 0 Å². The highest BCUT2D eigenvalue weighted by Crippen LogP contribution is 2.16. The lowest BCUT2D eigenvalue weighted by Gasteiger charge is -2.03. The quantitative estimate of drug-likeness (QED) is 0.0325. The van der Waals surface area contributed by atoms with E-state index < -0.39 is 24.0 Å². The monoisotopic (exact) mass is 917 g/mol. The molecular weight excluding hydrogens is 805 g/mol. The SMILES string of the molecule is CCCCCCCCCCCCCCCC(=O)O.CCCCCCCCCCCCCCCCCC(=O)O.CCCCCCCCCCCCCCCCCC(=O)O.OCC(O)CO. The van der Waals surface area contributed by atoms with Crippen molar-refractivity contribution in [3.8, 4) is 0 Å². The van der Waals surface area contributed by atoms with E-state index in [-0.39, 0.29) is 13.2 Å². The number of carboxylic acid groups (broad SMARTS) is 3. The Morgan fingerprint density at radius 3 is 0.484 bits per heavy atom. The molecule has 0 aliphatic heterocycles. The smallest absolute Gasteiger partial charge is 0.303 e. The summed E-state index contributed by atoms with van der Waals surface area (Å²) in [7, 11) is 0. The van der Waals surface area contributed by atoms with Crippen LogP contribution >= 0.6 is 0 Å². The first-order chi connectivity index (χ1) is 31.1. The fourth-order valence-corrected chi connectivity index (χ4v) is 7.65. The minimum absolute atomic E-state index is 0.345. The van der Waals surface area contributed by atoms with Crippen molar-refractivity contribution in [2.75, 3.05) is 13.2 Å². The number of aliphatic hydroxyl groups is 3. The second-order valence-corrected chi connectivity index (χ2v) is 18.6. The summed E-state index contributed by atoms with van der Waals surface area (Å²) in [5.74, 6) is -1.96. The van der Waals surface area contributed by atoms with Crippen molar-refractivity contribution in [2.45, 2.75) is 322 Å². The molecule has 0 aromatic heterocycles. The van der Waals surface area contributed by atoms with Crippen molar-refractivity contribution < 1.29 is 45.0 Å². The Morgan fingerprint density at radius 2 is 0.391 bits per heavy atom. The second kappa shape index (κ2) is 65.6. The van der Waals surface area contributed by atoms with Crippen LogP contribution in [0.2, 0.25) is 0 Å². The minimum atomic E-state index is -0.954. The van der Waals surface area contributed by atoms with Gasteiger partial charge in [0.1, 0.15) is 6.10 Å². The molecule has 9 heteroatoms. The summed E-state index contributed by atoms with van der Waals surface area (Å²) in [6.45, 7) is 6.07. The van der Waals surface area contributed by atoms with Crippen LogP contribution in [0.15, 0.2) is 0 Å². The summed E-state index contributed by atoms with van der Waals surface area (Å²) < 4.78 is 0. The van der Waals surface area contributed by atoms with Gasteiger partial charge in [0.15, 0.2) is 0 Å². The molecule has 0 heterocycles. The van der Waals surface area contributed by atoms with Crippen molar-refractivity contribution in [1.29, 1.82) is 0 Å². The molecule has 0 saturated carbocycles. The van der Waals surface area contributed by atoms with Crippen molar-refractivity contribution >= 4 is 17.9 Å². The summed E-state index contributed by atoms with van der Waals surface area (Å²) >= 11 is 0. The van der Waals surface area contributed by atoms with Crippen molar-refractivity contribution in [3.63, 3.8) is 0 Å². The number of hydrogen-bond donors (Lipinski definition) is 6. The first-order valence-electron chi connectivity index (χ1n) is 27.7. The molecule has 0 amide bonds. The van der Waals surface area contributed by atoms with E-state index in [9.17, 15) is 14.4 Å². The maximum Gasteiger partial charge on any atom is 0.303 e. The van der Waals surface area contributed by atoms with Gasteiger partial charge in [0.25, 0.3) is 0 Å². The maximum absolute atomic E-state index is 10.3. The van der Waals surface area contributed by atoms with Crippen LogP contribution in [0.1, 0.15) is 316 Å². The summed E-state index contributed by atoms with van der Waals surface area (Å²) in [6.07, 6.45) is 56.7. The molecule has 386 valence electrons. The van der Waals surface area contributed by atoms with Crippen molar-refractivity contribution in [3.05, 3.63) is 0 Å². The molecular formula is C55H112O9. The molecule has 6 N–H and O–H groups in total. The number of hydrogen-bond acceptors (Lipinski definition) is 6. The zero-order chi connectivity index (χ0) is 48.3. The molecule has 0 saturated heterocycles. The zero-order valence-corrected chi connectivity index (χ0v) is 42.9. The van der Waals surface area contributed by atoms with Crippen molar-refractivity contribution in [2.24, 2.45) is 0 Å². The lowest BCUT2D eigenvalue weighted by atomic mass is 10.0. The van der Waals surface area contributed by atoms with E-state index in [4.69, 9.17) is 30.6 Å². The lowest BCUT2D eigenvalue weighted by molar-refractivity contribution is -0.138. The molecule has 0 radical (unpaired) electrons. The zero-order valence-electron chi connectivity index (χ0n) is 42.9. The molecule has 0 aliphatic carbocycles. The van der Waals surface area contributed by atoms with E-state index in [1.165, 1.54) is 238 Å². The second-order valence-electron chi connectivity index (χ2n) is 18.6. The number of aliphatic hydroxyl groups excluding tert-OH is 3. The van der Waals surface area contributed by atoms with Gasteiger partial charge in [-0.2, -0.15) is 0 Å². The molecule has 0 spiro atoms. The summed E-state index contributed by atoms with van der Waals surface area (Å²) in [5.41, 5.74) is 0. The van der Waals surface area contributed by atoms with Gasteiger partial charge in [0, 0.05) is 19.3 Å². The molecule has 0 aliphatic rings. The number of aliphatic carboxylic acids is 3. The van der Waals surface area contributed by atoms with E-state index in [0.29, 0.717) is 19.3 Å². The van der Waals surface area contributed by atoms with E-state index in [1.807, 2.05) is 0 Å². The summed E-state index contributed by atoms with van der Waals surface area (Å²) in [4.78, 5) is 31.0. The van der Waals surface area contributed by atoms with Crippen LogP contribution in [0.25, 0.3) is 0 Å². The fraction of sp³-hybridized carbons (Fsp3) is 0.945. The Bertz CT molecular complexity index is 820. The number of rotatable bonds is 48. The van der Waals surface area contributed by atoms with E-state index in [0.717, 1.165) is 38.5 Å². The van der Waals surface area contributed by atoms with Crippen LogP contribution < -0.4 is 0 Å². The third kappa shape index (κ3) is 80.6. The molecule has 0 aromatic rings. The van der Waals surface area contributed by atoms with Gasteiger partial charge in [-0.3, -0.25) is 14.4 Å². The number of unbranched alkanes of at least 4 members (excludes halogenated alkanes) is 40. The highest BCUT2D eigenvalue weighted by Gasteiger charge is 2.00. The van der Waals surface area contributed by atoms with E-state index in [2.05, 4.69) is 20.8 Å². The Balaban J connectivity index is -0.000000396. The fourth-order valence-electron chi connectivity index (χ4n) is 7.65. The van der Waals surface area contributed by atoms with Crippen LogP contribution in [0, 0.1) is 0 Å². The molecule has 0 atom stereocenters. The summed E-state index contributed by atoms with van der Waals surface area (Å²) in [6, 6.07) is 0. The molecule has 0 aromatic carbocycles. The van der Waals surface area contributed by atoms with Crippen LogP contribution in [0.4, 0.5) is 0 Å². The minimum Gasteiger partial charge on any atom is -0.481 e. The number of carboxylic acids is 3. The Kier molecular flexibility index (Phi) is 70.6. The highest BCUT2D eigenvalue weighted by molar-refractivity contribution is 5.67. The lowest BCUT2D eigenvalue weighted by Crippen LogP contribution is -2.15. The molecule has 0 bridgehead atoms. The average Bonchev–Trinajstić information content (AvgIpc) is 3.28. The first-order valence-corrected chi connectivity index (χ1v) is 27.7. The predicted octanol–water partition coefficient (Wildman–Crippen LogP) is 16.5. The topological polar surface area (TPSA) is 173 Å². The molecule has 0 unspecified atom stereocenters. The van der Waals surface area contributed by atoms with Gasteiger partial charge in [-0.25, -0.2) is 0 Å². The third-order valence-electron chi connectivity index (χ3n) is 11.9. The largest absolute Gasteiger partial charge is 0.481 e. The molecule has 9 nitrogen and oxygen atoms in total. The average molecular weight is 917 g/mol. The highest BCUT2D eigenvalue weighted by atomic mass is 16.4. The van der Waals surface area contributed by atoms with E-state index >= 15 is 0 Å². The van der Waals surface area contributed by atoms with Crippen LogP contribution in [-0.4, -0.2) is 67.9 Å². The first kappa shape index (κ1) is 68.9. The Hall–Kier alpha value is -1.71. The van der Waals surface area contributed by atoms with Crippen LogP contribution in [-0.2, 0) is 14.4 Å². The van der Waals surface area contributed by atoms with Gasteiger partial charge < -0.3 is 30.6 Å². The Labute approximate surface area is 397 Å². The van der Waals surface area contributed by atoms with Gasteiger partial charge in [0.05, 0.1) is 13.2 Å². The van der Waals surface area contributed by atoms with Crippen LogP contribution in [0.3, 0.4) is 0 Å². The van der Waals surface area contributed by atoms with Gasteiger partial charge in [-0.1, -0.05) is 278 Å². The van der Waals surface area contributed by atoms with Crippen molar-refractivity contribution in [1.82, 2.24) is 0 Å². The standard InChI is InChI=1S/2C18H36O2.C16H32O2.C3H8O3/c2*1-2-3-4-5-6-7-8-9-10-11-12-13-14-15-16-17-18(19)20;1-2-3-4-5-6-7-8-9-10-11-12-13-14-15-16(17)18;4-1-3(6)2-5/h2*2-17H2,1H3,(H,19,20);2-15H2,1H3,(H,17,18);3-6H,1-2H2. The molecule has 0 fully saturated rings. The Morgan fingerprint density at radius 1 is 0.266 bits per heavy atom. The van der Waals surface area contributed by atoms with Gasteiger partial charge >= 0.3 is 17.9 Å². The summed E-state index contributed by atoms with van der Waals surface area (Å²) in [5, 5.41) is 49.5. The van der Waals surface area contributed by atoms with Crippen LogP contribution in [0.5, 0.6) is 0 Å². The maximum atomic E-state index is 10.3. The van der Waals surface area contributed by atoms with E-state index in [1.54, 1.807) is 0 Å². The predicted molar refractivity (Wildman–Crippen MR) is 272 cm³/mol. The number of carbonyl (C=O) groups is 3. The van der Waals surface area contributed by atoms with Gasteiger partial charge in [-0.15, -0.1) is 0 Å². The molecule has 64 heavy (non-hydrogen) atoms.